The first-order valence-electron chi connectivity index (χ1n) is 6.02. The van der Waals surface area contributed by atoms with Crippen molar-refractivity contribution in [3.63, 3.8) is 0 Å². The van der Waals surface area contributed by atoms with Crippen molar-refractivity contribution in [1.82, 2.24) is 9.55 Å². The number of H-pyrrole nitrogens is 1. The number of amides is 1. The smallest absolute Gasteiger partial charge is 0.328 e. The van der Waals surface area contributed by atoms with E-state index in [1.165, 1.54) is 6.20 Å². The summed E-state index contributed by atoms with van der Waals surface area (Å²) in [6, 6.07) is 5.10. The number of hydrogen-bond acceptors (Lipinski definition) is 4. The Bertz CT molecular complexity index is 810. The number of nitrogens with two attached hydrogens (primary N) is 1. The number of nitrogen functional groups attached to an aromatic ring is 1. The van der Waals surface area contributed by atoms with Crippen molar-refractivity contribution < 1.29 is 4.79 Å². The molecule has 8 heteroatoms. The van der Waals surface area contributed by atoms with Crippen molar-refractivity contribution in [2.45, 2.75) is 13.5 Å². The highest BCUT2D eigenvalue weighted by Crippen LogP contribution is 2.17. The Hall–Kier alpha value is -2.35. The fourth-order valence-electron chi connectivity index (χ4n) is 1.77. The third-order valence-corrected chi connectivity index (χ3v) is 3.37. The van der Waals surface area contributed by atoms with Gasteiger partial charge in [-0.3, -0.25) is 19.1 Å². The maximum atomic E-state index is 12.0. The molecular weight excluding hydrogens is 340 g/mol. The molecule has 0 bridgehead atoms. The molecule has 7 nitrogen and oxygen atoms in total. The Morgan fingerprint density at radius 2 is 2.14 bits per heavy atom. The van der Waals surface area contributed by atoms with Crippen molar-refractivity contribution in [3.05, 3.63) is 55.3 Å². The molecule has 0 atom stereocenters. The Balaban J connectivity index is 2.17. The van der Waals surface area contributed by atoms with Gasteiger partial charge in [0.15, 0.2) is 0 Å². The van der Waals surface area contributed by atoms with Crippen LogP contribution in [0.2, 0.25) is 0 Å². The zero-order valence-electron chi connectivity index (χ0n) is 11.1. The van der Waals surface area contributed by atoms with E-state index in [0.29, 0.717) is 11.4 Å². The van der Waals surface area contributed by atoms with Gasteiger partial charge >= 0.3 is 5.69 Å². The molecule has 21 heavy (non-hydrogen) atoms. The van der Waals surface area contributed by atoms with Gasteiger partial charge in [0.2, 0.25) is 5.91 Å². The molecule has 1 aromatic carbocycles. The second-order valence-corrected chi connectivity index (χ2v) is 5.34. The van der Waals surface area contributed by atoms with E-state index >= 15 is 0 Å². The molecule has 110 valence electrons. The monoisotopic (exact) mass is 352 g/mol. The standard InChI is InChI=1S/C13H13BrN4O3/c1-7-4-8(15)2-3-10(7)16-11(19)6-18-5-9(14)12(20)17-13(18)21/h2-5H,6,15H2,1H3,(H,16,19)(H,17,20,21). The molecular formula is C13H13BrN4O3. The number of rotatable bonds is 3. The van der Waals surface area contributed by atoms with Gasteiger partial charge in [0.05, 0.1) is 4.47 Å². The highest BCUT2D eigenvalue weighted by atomic mass is 79.9. The summed E-state index contributed by atoms with van der Waals surface area (Å²) in [5.74, 6) is -0.385. The van der Waals surface area contributed by atoms with Gasteiger partial charge in [-0.15, -0.1) is 0 Å². The van der Waals surface area contributed by atoms with Crippen molar-refractivity contribution in [3.8, 4) is 0 Å². The van der Waals surface area contributed by atoms with Crippen molar-refractivity contribution in [2.75, 3.05) is 11.1 Å². The van der Waals surface area contributed by atoms with E-state index in [1.54, 1.807) is 18.2 Å². The molecule has 0 aliphatic heterocycles. The average molecular weight is 353 g/mol. The predicted molar refractivity (Wildman–Crippen MR) is 83.2 cm³/mol. The third-order valence-electron chi connectivity index (χ3n) is 2.81. The van der Waals surface area contributed by atoms with E-state index < -0.39 is 11.2 Å². The Kier molecular flexibility index (Phi) is 4.27. The van der Waals surface area contributed by atoms with Crippen molar-refractivity contribution in [2.24, 2.45) is 0 Å². The predicted octanol–water partition coefficient (Wildman–Crippen LogP) is 0.828. The maximum absolute atomic E-state index is 12.0. The van der Waals surface area contributed by atoms with Crippen LogP contribution in [0.15, 0.2) is 38.5 Å². The summed E-state index contributed by atoms with van der Waals surface area (Å²) >= 11 is 3.01. The van der Waals surface area contributed by atoms with Crippen molar-refractivity contribution >= 4 is 33.2 Å². The first-order chi connectivity index (χ1) is 9.86. The summed E-state index contributed by atoms with van der Waals surface area (Å²) in [7, 11) is 0. The van der Waals surface area contributed by atoms with Gasteiger partial charge in [-0.25, -0.2) is 4.79 Å². The van der Waals surface area contributed by atoms with E-state index in [9.17, 15) is 14.4 Å². The number of nitrogens with one attached hydrogen (secondary N) is 2. The van der Waals surface area contributed by atoms with Crippen LogP contribution in [-0.4, -0.2) is 15.5 Å². The summed E-state index contributed by atoms with van der Waals surface area (Å²) in [4.78, 5) is 36.9. The van der Waals surface area contributed by atoms with Gasteiger partial charge in [0.25, 0.3) is 5.56 Å². The van der Waals surface area contributed by atoms with Crippen LogP contribution in [0.4, 0.5) is 11.4 Å². The first kappa shape index (κ1) is 15.0. The summed E-state index contributed by atoms with van der Waals surface area (Å²) < 4.78 is 1.28. The number of aryl methyl sites for hydroxylation is 1. The summed E-state index contributed by atoms with van der Waals surface area (Å²) in [6.45, 7) is 1.60. The van der Waals surface area contributed by atoms with Crippen LogP contribution in [0.25, 0.3) is 0 Å². The van der Waals surface area contributed by atoms with Gasteiger partial charge in [-0.05, 0) is 46.6 Å². The van der Waals surface area contributed by atoms with Crippen LogP contribution >= 0.6 is 15.9 Å². The van der Waals surface area contributed by atoms with Crippen LogP contribution in [-0.2, 0) is 11.3 Å². The van der Waals surface area contributed by atoms with E-state index in [-0.39, 0.29) is 16.9 Å². The van der Waals surface area contributed by atoms with E-state index in [2.05, 4.69) is 26.2 Å². The molecule has 1 heterocycles. The normalized spacial score (nSPS) is 10.4. The number of hydrogen-bond donors (Lipinski definition) is 3. The number of carbonyl (C=O) groups is 1. The van der Waals surface area contributed by atoms with E-state index in [1.807, 2.05) is 6.92 Å². The Labute approximate surface area is 127 Å². The van der Waals surface area contributed by atoms with Crippen LogP contribution in [0.3, 0.4) is 0 Å². The minimum Gasteiger partial charge on any atom is -0.399 e. The number of aromatic nitrogens is 2. The molecule has 1 aromatic heterocycles. The molecule has 0 fully saturated rings. The van der Waals surface area contributed by atoms with Crippen molar-refractivity contribution in [1.29, 1.82) is 0 Å². The van der Waals surface area contributed by atoms with Gasteiger partial charge < -0.3 is 11.1 Å². The number of aromatic amines is 1. The van der Waals surface area contributed by atoms with E-state index in [0.717, 1.165) is 10.1 Å². The zero-order valence-corrected chi connectivity index (χ0v) is 12.7. The van der Waals surface area contributed by atoms with Crippen LogP contribution in [0, 0.1) is 6.92 Å². The third kappa shape index (κ3) is 3.60. The van der Waals surface area contributed by atoms with Gasteiger partial charge in [-0.1, -0.05) is 0 Å². The molecule has 0 aliphatic carbocycles. The molecule has 2 aromatic rings. The first-order valence-corrected chi connectivity index (χ1v) is 6.81. The molecule has 0 saturated carbocycles. The zero-order chi connectivity index (χ0) is 15.6. The molecule has 4 N–H and O–H groups in total. The second kappa shape index (κ2) is 5.96. The lowest BCUT2D eigenvalue weighted by molar-refractivity contribution is -0.116. The summed E-state index contributed by atoms with van der Waals surface area (Å²) in [6.07, 6.45) is 1.27. The molecule has 0 unspecified atom stereocenters. The van der Waals surface area contributed by atoms with Gasteiger partial charge in [0.1, 0.15) is 6.54 Å². The van der Waals surface area contributed by atoms with Gasteiger partial charge in [0, 0.05) is 17.6 Å². The summed E-state index contributed by atoms with van der Waals surface area (Å²) in [5.41, 5.74) is 6.49. The summed E-state index contributed by atoms with van der Waals surface area (Å²) in [5, 5.41) is 2.69. The number of anilines is 2. The SMILES string of the molecule is Cc1cc(N)ccc1NC(=O)Cn1cc(Br)c(=O)[nH]c1=O. The average Bonchev–Trinajstić information content (AvgIpc) is 2.39. The topological polar surface area (TPSA) is 110 Å². The minimum atomic E-state index is -0.646. The Morgan fingerprint density at radius 3 is 2.81 bits per heavy atom. The highest BCUT2D eigenvalue weighted by Gasteiger charge is 2.09. The van der Waals surface area contributed by atoms with Crippen LogP contribution in [0.1, 0.15) is 5.56 Å². The molecule has 1 amide bonds. The van der Waals surface area contributed by atoms with Crippen LogP contribution in [0.5, 0.6) is 0 Å². The number of nitrogens with zero attached hydrogens (tertiary/aromatic N) is 1. The number of carbonyl (C=O) groups excluding carboxylic acids is 1. The molecule has 2 rings (SSSR count). The highest BCUT2D eigenvalue weighted by molar-refractivity contribution is 9.10. The van der Waals surface area contributed by atoms with Gasteiger partial charge in [-0.2, -0.15) is 0 Å². The molecule has 0 spiro atoms. The lowest BCUT2D eigenvalue weighted by Gasteiger charge is -2.10. The number of benzene rings is 1. The fourth-order valence-corrected chi connectivity index (χ4v) is 2.12. The molecule has 0 saturated heterocycles. The van der Waals surface area contributed by atoms with E-state index in [4.69, 9.17) is 5.73 Å². The fraction of sp³-hybridized carbons (Fsp3) is 0.154. The van der Waals surface area contributed by atoms with Crippen LogP contribution < -0.4 is 22.3 Å². The largest absolute Gasteiger partial charge is 0.399 e. The maximum Gasteiger partial charge on any atom is 0.328 e. The Morgan fingerprint density at radius 1 is 1.43 bits per heavy atom. The minimum absolute atomic E-state index is 0.179. The lowest BCUT2D eigenvalue weighted by Crippen LogP contribution is -2.33. The lowest BCUT2D eigenvalue weighted by atomic mass is 10.2. The molecule has 0 aliphatic rings. The number of halogens is 1. The second-order valence-electron chi connectivity index (χ2n) is 4.49. The molecule has 0 radical (unpaired) electrons. The quantitative estimate of drug-likeness (QED) is 0.710.